The molecule has 0 aliphatic heterocycles. The van der Waals surface area contributed by atoms with Gasteiger partial charge in [-0.1, -0.05) is 24.3 Å². The first-order chi connectivity index (χ1) is 13.3. The topological polar surface area (TPSA) is 58.8 Å². The molecule has 2 aromatic carbocycles. The van der Waals surface area contributed by atoms with Crippen LogP contribution in [-0.2, 0) is 5.75 Å². The third-order valence-electron chi connectivity index (χ3n) is 4.17. The molecule has 0 fully saturated rings. The molecule has 0 radical (unpaired) electrons. The van der Waals surface area contributed by atoms with Gasteiger partial charge in [0, 0.05) is 16.7 Å². The van der Waals surface area contributed by atoms with Crippen molar-refractivity contribution in [1.82, 2.24) is 9.97 Å². The lowest BCUT2D eigenvalue weighted by Crippen LogP contribution is -1.88. The van der Waals surface area contributed by atoms with E-state index < -0.39 is 0 Å². The smallest absolute Gasteiger partial charge is 0.128 e. The molecule has 4 rings (SSSR count). The highest BCUT2D eigenvalue weighted by Gasteiger charge is 2.14. The number of nitriles is 1. The van der Waals surface area contributed by atoms with Crippen LogP contribution in [0, 0.1) is 11.3 Å². The van der Waals surface area contributed by atoms with Gasteiger partial charge in [-0.2, -0.15) is 5.26 Å². The molecule has 0 amide bonds. The van der Waals surface area contributed by atoms with Crippen LogP contribution in [0.5, 0.6) is 5.75 Å². The minimum Gasteiger partial charge on any atom is -0.497 e. The van der Waals surface area contributed by atoms with E-state index in [0.29, 0.717) is 5.56 Å². The fraction of sp³-hybridized carbons (Fsp3) is 0.0952. The second kappa shape index (κ2) is 7.78. The van der Waals surface area contributed by atoms with Gasteiger partial charge in [0.2, 0.25) is 0 Å². The molecule has 0 spiro atoms. The average molecular weight is 390 g/mol. The van der Waals surface area contributed by atoms with Crippen molar-refractivity contribution >= 4 is 33.3 Å². The molecule has 0 N–H and O–H groups in total. The summed E-state index contributed by atoms with van der Waals surface area (Å²) < 4.78 is 5.26. The van der Waals surface area contributed by atoms with Crippen LogP contribution in [0.1, 0.15) is 11.1 Å². The fourth-order valence-electron chi connectivity index (χ4n) is 2.82. The monoisotopic (exact) mass is 389 g/mol. The van der Waals surface area contributed by atoms with Crippen LogP contribution in [-0.4, -0.2) is 17.1 Å². The molecule has 6 heteroatoms. The van der Waals surface area contributed by atoms with Crippen molar-refractivity contribution < 1.29 is 4.74 Å². The van der Waals surface area contributed by atoms with Crippen LogP contribution in [0.3, 0.4) is 0 Å². The summed E-state index contributed by atoms with van der Waals surface area (Å²) in [4.78, 5) is 9.93. The Hall–Kier alpha value is -2.88. The van der Waals surface area contributed by atoms with Gasteiger partial charge < -0.3 is 4.74 Å². The zero-order valence-corrected chi connectivity index (χ0v) is 16.2. The summed E-state index contributed by atoms with van der Waals surface area (Å²) >= 11 is 3.29. The van der Waals surface area contributed by atoms with E-state index in [1.807, 2.05) is 36.4 Å². The SMILES string of the molecule is COc1ccc(-c2csc3ncnc(SCc4cccc(C#N)c4)c23)cc1. The summed E-state index contributed by atoms with van der Waals surface area (Å²) in [6.07, 6.45) is 1.62. The Morgan fingerprint density at radius 1 is 1.15 bits per heavy atom. The number of fused-ring (bicyclic) bond motifs is 1. The van der Waals surface area contributed by atoms with Crippen molar-refractivity contribution in [1.29, 1.82) is 5.26 Å². The lowest BCUT2D eigenvalue weighted by Gasteiger charge is -2.06. The molecular weight excluding hydrogens is 374 g/mol. The first kappa shape index (κ1) is 17.5. The van der Waals surface area contributed by atoms with Gasteiger partial charge >= 0.3 is 0 Å². The van der Waals surface area contributed by atoms with Crippen molar-refractivity contribution in [3.63, 3.8) is 0 Å². The summed E-state index contributed by atoms with van der Waals surface area (Å²) in [5, 5.41) is 13.2. The van der Waals surface area contributed by atoms with Crippen LogP contribution in [0.15, 0.2) is 65.3 Å². The molecule has 2 aromatic heterocycles. The zero-order chi connectivity index (χ0) is 18.6. The van der Waals surface area contributed by atoms with E-state index in [2.05, 4.69) is 33.5 Å². The Labute approximate surface area is 165 Å². The quantitative estimate of drug-likeness (QED) is 0.332. The molecule has 0 aliphatic rings. The first-order valence-corrected chi connectivity index (χ1v) is 10.1. The second-order valence-corrected chi connectivity index (χ2v) is 7.66. The summed E-state index contributed by atoms with van der Waals surface area (Å²) in [7, 11) is 1.67. The predicted molar refractivity (Wildman–Crippen MR) is 110 cm³/mol. The lowest BCUT2D eigenvalue weighted by molar-refractivity contribution is 0.415. The molecule has 0 atom stereocenters. The number of benzene rings is 2. The second-order valence-electron chi connectivity index (χ2n) is 5.84. The highest BCUT2D eigenvalue weighted by Crippen LogP contribution is 2.39. The number of ether oxygens (including phenoxy) is 1. The third-order valence-corrected chi connectivity index (χ3v) is 6.12. The Morgan fingerprint density at radius 3 is 2.78 bits per heavy atom. The Morgan fingerprint density at radius 2 is 2.00 bits per heavy atom. The number of nitrogens with zero attached hydrogens (tertiary/aromatic N) is 3. The van der Waals surface area contributed by atoms with Gasteiger partial charge in [0.1, 0.15) is 21.9 Å². The normalized spacial score (nSPS) is 10.7. The Bertz CT molecular complexity index is 1130. The standard InChI is InChI=1S/C21H15N3OS2/c1-25-17-7-5-16(6-8-17)18-12-27-21-19(18)20(23-13-24-21)26-11-15-4-2-3-14(9-15)10-22/h2-9,12-13H,11H2,1H3. The molecule has 4 nitrogen and oxygen atoms in total. The maximum absolute atomic E-state index is 9.08. The van der Waals surface area contributed by atoms with E-state index in [0.717, 1.165) is 43.4 Å². The summed E-state index contributed by atoms with van der Waals surface area (Å²) in [6.45, 7) is 0. The van der Waals surface area contributed by atoms with Gasteiger partial charge in [0.05, 0.1) is 24.1 Å². The number of aromatic nitrogens is 2. The number of hydrogen-bond acceptors (Lipinski definition) is 6. The largest absolute Gasteiger partial charge is 0.497 e. The average Bonchev–Trinajstić information content (AvgIpc) is 3.17. The number of thioether (sulfide) groups is 1. The molecule has 0 saturated carbocycles. The van der Waals surface area contributed by atoms with Crippen LogP contribution >= 0.6 is 23.1 Å². The van der Waals surface area contributed by atoms with Crippen LogP contribution < -0.4 is 4.74 Å². The van der Waals surface area contributed by atoms with E-state index in [1.54, 1.807) is 36.5 Å². The summed E-state index contributed by atoms with van der Waals surface area (Å²) in [5.41, 5.74) is 4.03. The lowest BCUT2D eigenvalue weighted by atomic mass is 10.1. The van der Waals surface area contributed by atoms with Gasteiger partial charge in [-0.15, -0.1) is 23.1 Å². The fourth-order valence-corrected chi connectivity index (χ4v) is 4.76. The number of hydrogen-bond donors (Lipinski definition) is 0. The maximum atomic E-state index is 9.08. The molecule has 0 saturated heterocycles. The van der Waals surface area contributed by atoms with Crippen molar-refractivity contribution in [2.75, 3.05) is 7.11 Å². The van der Waals surface area contributed by atoms with Crippen LogP contribution in [0.25, 0.3) is 21.3 Å². The molecule has 27 heavy (non-hydrogen) atoms. The summed E-state index contributed by atoms with van der Waals surface area (Å²) in [5.74, 6) is 1.58. The Balaban J connectivity index is 1.68. The van der Waals surface area contributed by atoms with Crippen molar-refractivity contribution in [2.45, 2.75) is 10.8 Å². The van der Waals surface area contributed by atoms with Crippen molar-refractivity contribution in [3.8, 4) is 22.9 Å². The molecule has 0 unspecified atom stereocenters. The first-order valence-electron chi connectivity index (χ1n) is 8.27. The zero-order valence-electron chi connectivity index (χ0n) is 14.5. The minimum absolute atomic E-state index is 0.676. The highest BCUT2D eigenvalue weighted by atomic mass is 32.2. The number of rotatable bonds is 5. The van der Waals surface area contributed by atoms with Gasteiger partial charge in [0.15, 0.2) is 0 Å². The van der Waals surface area contributed by atoms with E-state index in [-0.39, 0.29) is 0 Å². The van der Waals surface area contributed by atoms with Crippen molar-refractivity contribution in [2.24, 2.45) is 0 Å². The van der Waals surface area contributed by atoms with Crippen LogP contribution in [0.2, 0.25) is 0 Å². The number of methoxy groups -OCH3 is 1. The molecule has 132 valence electrons. The molecule has 2 heterocycles. The third kappa shape index (κ3) is 3.65. The molecular formula is C21H15N3OS2. The molecule has 4 aromatic rings. The summed E-state index contributed by atoms with van der Waals surface area (Å²) in [6, 6.07) is 17.9. The molecule has 0 bridgehead atoms. The van der Waals surface area contributed by atoms with Crippen LogP contribution in [0.4, 0.5) is 0 Å². The maximum Gasteiger partial charge on any atom is 0.128 e. The highest BCUT2D eigenvalue weighted by molar-refractivity contribution is 7.98. The van der Waals surface area contributed by atoms with Gasteiger partial charge in [-0.05, 0) is 35.4 Å². The van der Waals surface area contributed by atoms with Gasteiger partial charge in [-0.3, -0.25) is 0 Å². The van der Waals surface area contributed by atoms with E-state index in [1.165, 1.54) is 0 Å². The predicted octanol–water partition coefficient (Wildman–Crippen LogP) is 5.53. The van der Waals surface area contributed by atoms with Gasteiger partial charge in [-0.25, -0.2) is 9.97 Å². The minimum atomic E-state index is 0.676. The van der Waals surface area contributed by atoms with Crippen molar-refractivity contribution in [3.05, 3.63) is 71.4 Å². The Kier molecular flexibility index (Phi) is 5.05. The molecule has 0 aliphatic carbocycles. The van der Waals surface area contributed by atoms with E-state index >= 15 is 0 Å². The number of thiophene rings is 1. The van der Waals surface area contributed by atoms with Gasteiger partial charge in [0.25, 0.3) is 0 Å². The van der Waals surface area contributed by atoms with E-state index in [4.69, 9.17) is 10.00 Å². The van der Waals surface area contributed by atoms with E-state index in [9.17, 15) is 0 Å².